The third kappa shape index (κ3) is 3.20. The Hall–Kier alpha value is -2.72. The number of nitrogens with zero attached hydrogens (tertiary/aromatic N) is 2. The topological polar surface area (TPSA) is 37.6 Å². The minimum absolute atomic E-state index is 0.101. The highest BCUT2D eigenvalue weighted by Crippen LogP contribution is 2.37. The fourth-order valence-electron chi connectivity index (χ4n) is 3.89. The molecule has 0 fully saturated rings. The number of phenols is 1. The molecule has 4 rings (SSSR count). The van der Waals surface area contributed by atoms with E-state index in [2.05, 4.69) is 64.2 Å². The summed E-state index contributed by atoms with van der Waals surface area (Å²) in [5, 5.41) is 10.3. The van der Waals surface area contributed by atoms with Gasteiger partial charge in [-0.3, -0.25) is 4.90 Å². The molecule has 0 saturated carbocycles. The third-order valence-electron chi connectivity index (χ3n) is 5.10. The zero-order chi connectivity index (χ0) is 17.9. The maximum absolute atomic E-state index is 10.3. The van der Waals surface area contributed by atoms with Gasteiger partial charge in [-0.15, -0.1) is 0 Å². The average molecular weight is 348 g/mol. The molecule has 4 heteroatoms. The number of rotatable bonds is 4. The third-order valence-corrected chi connectivity index (χ3v) is 5.10. The number of ether oxygens (including phenoxy) is 1. The van der Waals surface area contributed by atoms with Gasteiger partial charge in [-0.2, -0.15) is 0 Å². The highest BCUT2D eigenvalue weighted by atomic mass is 16.5. The summed E-state index contributed by atoms with van der Waals surface area (Å²) in [7, 11) is 1.58. The van der Waals surface area contributed by atoms with Gasteiger partial charge in [0.2, 0.25) is 0 Å². The minimum atomic E-state index is 0.101. The van der Waals surface area contributed by atoms with E-state index >= 15 is 0 Å². The Bertz CT molecular complexity index is 873. The summed E-state index contributed by atoms with van der Waals surface area (Å²) >= 11 is 0. The van der Waals surface area contributed by atoms with E-state index in [4.69, 9.17) is 4.74 Å². The molecule has 1 aliphatic rings. The van der Waals surface area contributed by atoms with Gasteiger partial charge in [-0.25, -0.2) is 0 Å². The fourth-order valence-corrected chi connectivity index (χ4v) is 3.89. The standard InChI is InChI=1S/C22H24N2O2/c1-26-21-11-10-18(15-20(21)25)22-19-9-5-12-23(19)13-6-14-24(22)16-17-7-3-2-4-8-17/h2-5,7-12,15,22,25H,6,13-14,16H2,1H3. The molecule has 0 radical (unpaired) electrons. The van der Waals surface area contributed by atoms with E-state index < -0.39 is 0 Å². The molecule has 26 heavy (non-hydrogen) atoms. The van der Waals surface area contributed by atoms with Crippen LogP contribution in [0.1, 0.15) is 29.3 Å². The largest absolute Gasteiger partial charge is 0.504 e. The first-order chi connectivity index (χ1) is 12.8. The van der Waals surface area contributed by atoms with Crippen molar-refractivity contribution in [2.45, 2.75) is 25.6 Å². The summed E-state index contributed by atoms with van der Waals surface area (Å²) in [6.45, 7) is 2.91. The molecule has 4 nitrogen and oxygen atoms in total. The molecular formula is C22H24N2O2. The van der Waals surface area contributed by atoms with Gasteiger partial charge in [-0.1, -0.05) is 36.4 Å². The molecule has 0 amide bonds. The zero-order valence-electron chi connectivity index (χ0n) is 15.0. The maximum atomic E-state index is 10.3. The lowest BCUT2D eigenvalue weighted by Crippen LogP contribution is -2.29. The van der Waals surface area contributed by atoms with Crippen LogP contribution in [0.5, 0.6) is 11.5 Å². The second kappa shape index (κ2) is 7.26. The van der Waals surface area contributed by atoms with Gasteiger partial charge in [0, 0.05) is 31.5 Å². The number of phenolic OH excluding ortho intramolecular Hbond substituents is 1. The van der Waals surface area contributed by atoms with Crippen LogP contribution in [-0.2, 0) is 13.1 Å². The van der Waals surface area contributed by atoms with Crippen LogP contribution in [0.25, 0.3) is 0 Å². The predicted molar refractivity (Wildman–Crippen MR) is 102 cm³/mol. The fraction of sp³-hybridized carbons (Fsp3) is 0.273. The molecular weight excluding hydrogens is 324 g/mol. The predicted octanol–water partition coefficient (Wildman–Crippen LogP) is 4.20. The molecule has 134 valence electrons. The Morgan fingerprint density at radius 1 is 1.04 bits per heavy atom. The van der Waals surface area contributed by atoms with E-state index in [-0.39, 0.29) is 11.8 Å². The van der Waals surface area contributed by atoms with Crippen molar-refractivity contribution in [2.24, 2.45) is 0 Å². The van der Waals surface area contributed by atoms with Crippen molar-refractivity contribution in [3.05, 3.63) is 83.7 Å². The van der Waals surface area contributed by atoms with E-state index in [0.29, 0.717) is 5.75 Å². The van der Waals surface area contributed by atoms with E-state index in [1.807, 2.05) is 12.1 Å². The van der Waals surface area contributed by atoms with E-state index in [1.54, 1.807) is 7.11 Å². The normalized spacial score (nSPS) is 17.5. The number of aromatic nitrogens is 1. The van der Waals surface area contributed by atoms with E-state index in [9.17, 15) is 5.11 Å². The molecule has 2 aromatic carbocycles. The number of methoxy groups -OCH3 is 1. The summed E-state index contributed by atoms with van der Waals surface area (Å²) in [5.74, 6) is 0.694. The van der Waals surface area contributed by atoms with Crippen molar-refractivity contribution in [2.75, 3.05) is 13.7 Å². The first-order valence-corrected chi connectivity index (χ1v) is 9.06. The number of hydrogen-bond donors (Lipinski definition) is 1. The highest BCUT2D eigenvalue weighted by Gasteiger charge is 2.28. The van der Waals surface area contributed by atoms with Crippen LogP contribution in [0.4, 0.5) is 0 Å². The van der Waals surface area contributed by atoms with Crippen LogP contribution in [0.3, 0.4) is 0 Å². The van der Waals surface area contributed by atoms with Gasteiger partial charge < -0.3 is 14.4 Å². The Morgan fingerprint density at radius 2 is 1.88 bits per heavy atom. The Balaban J connectivity index is 1.75. The summed E-state index contributed by atoms with van der Waals surface area (Å²) in [4.78, 5) is 2.50. The number of benzene rings is 2. The van der Waals surface area contributed by atoms with Crippen LogP contribution in [-0.4, -0.2) is 28.2 Å². The van der Waals surface area contributed by atoms with Gasteiger partial charge in [0.25, 0.3) is 0 Å². The molecule has 2 heterocycles. The van der Waals surface area contributed by atoms with Crippen molar-refractivity contribution in [3.8, 4) is 11.5 Å². The average Bonchev–Trinajstić information content (AvgIpc) is 3.04. The Labute approximate surface area is 154 Å². The first-order valence-electron chi connectivity index (χ1n) is 9.06. The van der Waals surface area contributed by atoms with Crippen molar-refractivity contribution in [3.63, 3.8) is 0 Å². The molecule has 1 aliphatic heterocycles. The minimum Gasteiger partial charge on any atom is -0.504 e. The molecule has 0 bridgehead atoms. The molecule has 1 atom stereocenters. The lowest BCUT2D eigenvalue weighted by molar-refractivity contribution is 0.220. The van der Waals surface area contributed by atoms with Crippen LogP contribution < -0.4 is 4.74 Å². The summed E-state index contributed by atoms with van der Waals surface area (Å²) in [5.41, 5.74) is 3.65. The summed E-state index contributed by atoms with van der Waals surface area (Å²) in [6, 6.07) is 20.7. The monoisotopic (exact) mass is 348 g/mol. The van der Waals surface area contributed by atoms with Gasteiger partial charge in [0.1, 0.15) is 0 Å². The quantitative estimate of drug-likeness (QED) is 0.768. The molecule has 0 saturated heterocycles. The molecule has 1 N–H and O–H groups in total. The van der Waals surface area contributed by atoms with E-state index in [0.717, 1.165) is 31.6 Å². The second-order valence-electron chi connectivity index (χ2n) is 6.77. The van der Waals surface area contributed by atoms with Crippen molar-refractivity contribution in [1.29, 1.82) is 0 Å². The van der Waals surface area contributed by atoms with Crippen molar-refractivity contribution < 1.29 is 9.84 Å². The molecule has 1 aromatic heterocycles. The molecule has 0 aliphatic carbocycles. The number of fused-ring (bicyclic) bond motifs is 1. The van der Waals surface area contributed by atoms with Crippen LogP contribution in [0.15, 0.2) is 66.9 Å². The molecule has 3 aromatic rings. The highest BCUT2D eigenvalue weighted by molar-refractivity contribution is 5.44. The SMILES string of the molecule is COc1ccc(C2c3cccn3CCCN2Cc2ccccc2)cc1O. The summed E-state index contributed by atoms with van der Waals surface area (Å²) < 4.78 is 7.55. The Morgan fingerprint density at radius 3 is 2.65 bits per heavy atom. The van der Waals surface area contributed by atoms with Gasteiger partial charge in [-0.05, 0) is 41.8 Å². The lowest BCUT2D eigenvalue weighted by atomic mass is 10.0. The first kappa shape index (κ1) is 16.7. The van der Waals surface area contributed by atoms with Crippen molar-refractivity contribution in [1.82, 2.24) is 9.47 Å². The summed E-state index contributed by atoms with van der Waals surface area (Å²) in [6.07, 6.45) is 3.25. The molecule has 0 spiro atoms. The maximum Gasteiger partial charge on any atom is 0.160 e. The van der Waals surface area contributed by atoms with Gasteiger partial charge >= 0.3 is 0 Å². The van der Waals surface area contributed by atoms with E-state index in [1.165, 1.54) is 11.3 Å². The van der Waals surface area contributed by atoms with Crippen molar-refractivity contribution >= 4 is 0 Å². The smallest absolute Gasteiger partial charge is 0.160 e. The zero-order valence-corrected chi connectivity index (χ0v) is 15.0. The van der Waals surface area contributed by atoms with Gasteiger partial charge in [0.05, 0.1) is 13.2 Å². The van der Waals surface area contributed by atoms with Crippen LogP contribution >= 0.6 is 0 Å². The van der Waals surface area contributed by atoms with Crippen LogP contribution in [0.2, 0.25) is 0 Å². The molecule has 1 unspecified atom stereocenters. The lowest BCUT2D eigenvalue weighted by Gasteiger charge is -2.31. The number of aromatic hydroxyl groups is 1. The Kier molecular flexibility index (Phi) is 4.67. The number of hydrogen-bond acceptors (Lipinski definition) is 3. The number of aryl methyl sites for hydroxylation is 1. The van der Waals surface area contributed by atoms with Gasteiger partial charge in [0.15, 0.2) is 11.5 Å². The van der Waals surface area contributed by atoms with Crippen LogP contribution in [0, 0.1) is 0 Å². The second-order valence-corrected chi connectivity index (χ2v) is 6.77.